The first-order valence-corrected chi connectivity index (χ1v) is 15.9. The molecule has 13 nitrogen and oxygen atoms in total. The van der Waals surface area contributed by atoms with E-state index in [1.54, 1.807) is 0 Å². The zero-order valence-corrected chi connectivity index (χ0v) is 26.2. The van der Waals surface area contributed by atoms with Crippen LogP contribution in [0.2, 0.25) is 0 Å². The number of halogens is 2. The fraction of sp³-hybridized carbons (Fsp3) is 0.467. The molecule has 0 unspecified atom stereocenters. The first-order valence-electron chi connectivity index (χ1n) is 15.1. The van der Waals surface area contributed by atoms with Crippen LogP contribution in [0, 0.1) is 11.8 Å². The number of nitrogens with one attached hydrogen (secondary N) is 1. The number of hydrogen-bond acceptors (Lipinski definition) is 12. The number of amides is 1. The van der Waals surface area contributed by atoms with Gasteiger partial charge in [-0.2, -0.15) is 14.2 Å². The van der Waals surface area contributed by atoms with Gasteiger partial charge in [0, 0.05) is 49.6 Å². The topological polar surface area (TPSA) is 159 Å². The van der Waals surface area contributed by atoms with Crippen LogP contribution in [0.1, 0.15) is 48.8 Å². The molecule has 16 heteroatoms. The Kier molecular flexibility index (Phi) is 11.5. The Morgan fingerprint density at radius 2 is 1.98 bits per heavy atom. The summed E-state index contributed by atoms with van der Waals surface area (Å²) in [5.41, 5.74) is 5.96. The molecule has 0 aromatic carbocycles. The van der Waals surface area contributed by atoms with Gasteiger partial charge in [-0.05, 0) is 44.7 Å². The van der Waals surface area contributed by atoms with Crippen LogP contribution in [-0.4, -0.2) is 101 Å². The fourth-order valence-corrected chi connectivity index (χ4v) is 5.84. The van der Waals surface area contributed by atoms with E-state index in [0.717, 1.165) is 66.9 Å². The quantitative estimate of drug-likeness (QED) is 0.231. The summed E-state index contributed by atoms with van der Waals surface area (Å²) < 4.78 is 45.9. The molecule has 46 heavy (non-hydrogen) atoms. The van der Waals surface area contributed by atoms with Crippen molar-refractivity contribution in [2.75, 3.05) is 46.1 Å². The number of rotatable bonds is 11. The molecule has 5 rings (SSSR count). The summed E-state index contributed by atoms with van der Waals surface area (Å²) in [5.74, 6) is -2.44. The lowest BCUT2D eigenvalue weighted by Gasteiger charge is -2.26. The van der Waals surface area contributed by atoms with Crippen molar-refractivity contribution < 1.29 is 32.6 Å². The maximum absolute atomic E-state index is 14.6. The zero-order chi connectivity index (χ0) is 32.5. The third-order valence-corrected chi connectivity index (χ3v) is 8.45. The number of allylic oxidation sites excluding steroid dienone is 1. The highest BCUT2D eigenvalue weighted by Crippen LogP contribution is 2.25. The molecule has 1 aliphatic heterocycles. The number of thiazole rings is 1. The lowest BCUT2D eigenvalue weighted by molar-refractivity contribution is 0.0280. The molecule has 0 atom stereocenters. The highest BCUT2D eigenvalue weighted by Gasteiger charge is 2.22. The van der Waals surface area contributed by atoms with E-state index < -0.39 is 29.5 Å². The summed E-state index contributed by atoms with van der Waals surface area (Å²) in [6, 6.07) is 1.72. The molecule has 246 valence electrons. The van der Waals surface area contributed by atoms with Gasteiger partial charge in [-0.25, -0.2) is 19.2 Å². The van der Waals surface area contributed by atoms with Crippen molar-refractivity contribution in [3.63, 3.8) is 0 Å². The van der Waals surface area contributed by atoms with E-state index >= 15 is 0 Å². The fourth-order valence-electron chi connectivity index (χ4n) is 5.06. The van der Waals surface area contributed by atoms with Gasteiger partial charge in [-0.1, -0.05) is 0 Å². The third kappa shape index (κ3) is 8.78. The van der Waals surface area contributed by atoms with Crippen LogP contribution in [0.3, 0.4) is 0 Å². The second-order valence-electron chi connectivity index (χ2n) is 10.7. The van der Waals surface area contributed by atoms with Crippen LogP contribution in [0.15, 0.2) is 40.6 Å². The van der Waals surface area contributed by atoms with E-state index in [1.165, 1.54) is 24.0 Å². The smallest absolute Gasteiger partial charge is 0.434 e. The SMILES string of the molecule is CCOC1CCC(N=CC(NC(=O)c2csc(-c3cnn(C(=O)OCCN4CCOCC4)c3)n2)=C(N)c2nc(F)ccc2F)CC1. The number of hydrogen-bond donors (Lipinski definition) is 2. The summed E-state index contributed by atoms with van der Waals surface area (Å²) in [4.78, 5) is 40.5. The minimum Gasteiger partial charge on any atom is -0.447 e. The average molecular weight is 659 g/mol. The predicted molar refractivity (Wildman–Crippen MR) is 166 cm³/mol. The maximum atomic E-state index is 14.6. The lowest BCUT2D eigenvalue weighted by atomic mass is 9.93. The first kappa shape index (κ1) is 33.2. The van der Waals surface area contributed by atoms with Gasteiger partial charge in [-0.3, -0.25) is 14.7 Å². The number of aliphatic imine (C=N–C) groups is 1. The monoisotopic (exact) mass is 658 g/mol. The van der Waals surface area contributed by atoms with Gasteiger partial charge in [0.15, 0.2) is 5.82 Å². The highest BCUT2D eigenvalue weighted by molar-refractivity contribution is 7.13. The molecule has 2 aliphatic rings. The predicted octanol–water partition coefficient (Wildman–Crippen LogP) is 3.47. The van der Waals surface area contributed by atoms with Crippen LogP contribution in [0.4, 0.5) is 13.6 Å². The minimum absolute atomic E-state index is 0.0319. The molecule has 1 aliphatic carbocycles. The molecule has 0 bridgehead atoms. The number of morpholine rings is 1. The van der Waals surface area contributed by atoms with E-state index in [-0.39, 0.29) is 35.8 Å². The first-order chi connectivity index (χ1) is 22.3. The lowest BCUT2D eigenvalue weighted by Crippen LogP contribution is -2.38. The number of aromatic nitrogens is 4. The van der Waals surface area contributed by atoms with Crippen LogP contribution < -0.4 is 11.1 Å². The van der Waals surface area contributed by atoms with Crippen molar-refractivity contribution in [2.24, 2.45) is 10.7 Å². The normalized spacial score (nSPS) is 19.6. The van der Waals surface area contributed by atoms with Crippen LogP contribution >= 0.6 is 11.3 Å². The molecule has 0 radical (unpaired) electrons. The van der Waals surface area contributed by atoms with Crippen molar-refractivity contribution >= 4 is 35.2 Å². The van der Waals surface area contributed by atoms with Gasteiger partial charge >= 0.3 is 6.09 Å². The van der Waals surface area contributed by atoms with Gasteiger partial charge in [0.05, 0.1) is 43.0 Å². The Bertz CT molecular complexity index is 1560. The number of ether oxygens (including phenoxy) is 3. The van der Waals surface area contributed by atoms with Crippen LogP contribution in [-0.2, 0) is 14.2 Å². The average Bonchev–Trinajstić information content (AvgIpc) is 3.76. The Morgan fingerprint density at radius 1 is 1.20 bits per heavy atom. The maximum Gasteiger partial charge on any atom is 0.434 e. The molecular formula is C30H36F2N8O5S. The van der Waals surface area contributed by atoms with Gasteiger partial charge in [0.1, 0.15) is 23.0 Å². The summed E-state index contributed by atoms with van der Waals surface area (Å²) in [6.07, 6.45) is 7.00. The standard InChI is InChI=1S/C30H36F2N8O5S/c1-2-44-21-5-3-20(4-6-21)34-16-23(26(33)27-22(31)7-8-25(32)38-27)36-28(41)24-18-46-29(37-24)19-15-35-40(17-19)30(42)45-14-11-39-9-12-43-13-10-39/h7-8,15-18,20-21H,2-6,9-14,33H2,1H3,(H,36,41). The molecule has 4 heterocycles. The number of nitrogens with two attached hydrogens (primary N) is 1. The van der Waals surface area contributed by atoms with Gasteiger partial charge in [0.2, 0.25) is 5.95 Å². The molecule has 2 fully saturated rings. The molecular weight excluding hydrogens is 622 g/mol. The second kappa shape index (κ2) is 15.9. The molecule has 3 aromatic rings. The zero-order valence-electron chi connectivity index (χ0n) is 25.4. The van der Waals surface area contributed by atoms with E-state index in [2.05, 4.69) is 30.3 Å². The van der Waals surface area contributed by atoms with Crippen LogP contribution in [0.25, 0.3) is 16.3 Å². The van der Waals surface area contributed by atoms with Crippen molar-refractivity contribution in [1.82, 2.24) is 30.0 Å². The van der Waals surface area contributed by atoms with E-state index in [1.807, 2.05) is 6.92 Å². The van der Waals surface area contributed by atoms with Crippen LogP contribution in [0.5, 0.6) is 0 Å². The molecule has 1 saturated heterocycles. The van der Waals surface area contributed by atoms with Gasteiger partial charge in [0.25, 0.3) is 5.91 Å². The molecule has 3 aromatic heterocycles. The molecule has 0 spiro atoms. The Labute approximate surface area is 268 Å². The van der Waals surface area contributed by atoms with E-state index in [4.69, 9.17) is 19.9 Å². The minimum atomic E-state index is -0.929. The Morgan fingerprint density at radius 3 is 2.74 bits per heavy atom. The van der Waals surface area contributed by atoms with Gasteiger partial charge < -0.3 is 25.3 Å². The van der Waals surface area contributed by atoms with Crippen molar-refractivity contribution in [1.29, 1.82) is 0 Å². The van der Waals surface area contributed by atoms with Crippen molar-refractivity contribution in [3.05, 3.63) is 58.8 Å². The Hall–Kier alpha value is -4.12. The van der Waals surface area contributed by atoms with E-state index in [9.17, 15) is 18.4 Å². The largest absolute Gasteiger partial charge is 0.447 e. The molecule has 1 saturated carbocycles. The highest BCUT2D eigenvalue weighted by atomic mass is 32.1. The number of pyridine rings is 1. The van der Waals surface area contributed by atoms with Gasteiger partial charge in [-0.15, -0.1) is 11.3 Å². The van der Waals surface area contributed by atoms with Crippen molar-refractivity contribution in [3.8, 4) is 10.6 Å². The Balaban J connectivity index is 1.26. The number of nitrogens with zero attached hydrogens (tertiary/aromatic N) is 6. The third-order valence-electron chi connectivity index (χ3n) is 7.56. The molecule has 3 N–H and O–H groups in total. The summed E-state index contributed by atoms with van der Waals surface area (Å²) in [7, 11) is 0. The second-order valence-corrected chi connectivity index (χ2v) is 11.5. The summed E-state index contributed by atoms with van der Waals surface area (Å²) >= 11 is 1.16. The summed E-state index contributed by atoms with van der Waals surface area (Å²) in [5, 5.41) is 8.65. The number of carbonyl (C=O) groups excluding carboxylic acids is 2. The number of carbonyl (C=O) groups is 2. The van der Waals surface area contributed by atoms with Crippen molar-refractivity contribution in [2.45, 2.75) is 44.8 Å². The summed E-state index contributed by atoms with van der Waals surface area (Å²) in [6.45, 7) is 6.28. The van der Waals surface area contributed by atoms with E-state index in [0.29, 0.717) is 36.9 Å². The molecule has 1 amide bonds.